The van der Waals surface area contributed by atoms with Gasteiger partial charge >= 0.3 is 6.03 Å². The summed E-state index contributed by atoms with van der Waals surface area (Å²) in [4.78, 5) is 27.1. The van der Waals surface area contributed by atoms with Crippen molar-refractivity contribution in [1.82, 2.24) is 15.1 Å². The van der Waals surface area contributed by atoms with E-state index in [1.54, 1.807) is 21.9 Å². The Hall–Kier alpha value is -2.15. The first-order chi connectivity index (χ1) is 10.6. The highest BCUT2D eigenvalue weighted by Gasteiger charge is 2.23. The summed E-state index contributed by atoms with van der Waals surface area (Å²) in [7, 11) is 1.48. The number of rotatable bonds is 4. The van der Waals surface area contributed by atoms with Gasteiger partial charge in [-0.15, -0.1) is 0 Å². The van der Waals surface area contributed by atoms with E-state index in [0.29, 0.717) is 32.7 Å². The minimum absolute atomic E-state index is 0.0612. The zero-order chi connectivity index (χ0) is 15.9. The van der Waals surface area contributed by atoms with Gasteiger partial charge in [0.25, 0.3) is 0 Å². The molecule has 1 N–H and O–H groups in total. The van der Waals surface area contributed by atoms with Crippen LogP contribution in [0.3, 0.4) is 0 Å². The van der Waals surface area contributed by atoms with Crippen molar-refractivity contribution < 1.29 is 18.7 Å². The van der Waals surface area contributed by atoms with Crippen molar-refractivity contribution in [1.29, 1.82) is 0 Å². The van der Waals surface area contributed by atoms with Gasteiger partial charge in [0, 0.05) is 39.8 Å². The zero-order valence-electron chi connectivity index (χ0n) is 12.5. The number of piperazine rings is 1. The second-order valence-electron chi connectivity index (χ2n) is 5.09. The molecule has 0 spiro atoms. The molecule has 7 heteroatoms. The summed E-state index contributed by atoms with van der Waals surface area (Å²) in [6.45, 7) is 2.41. The Labute approximate surface area is 128 Å². The maximum atomic E-state index is 12.8. The molecule has 1 aromatic rings. The molecule has 0 atom stereocenters. The molecule has 1 heterocycles. The fraction of sp³-hybridized carbons (Fsp3) is 0.467. The van der Waals surface area contributed by atoms with Crippen LogP contribution in [-0.4, -0.2) is 61.6 Å². The molecule has 0 saturated carbocycles. The fourth-order valence-electron chi connectivity index (χ4n) is 2.27. The quantitative estimate of drug-likeness (QED) is 0.896. The number of halogens is 1. The number of amides is 3. The highest BCUT2D eigenvalue weighted by Crippen LogP contribution is 2.05. The van der Waals surface area contributed by atoms with Crippen molar-refractivity contribution in [3.8, 4) is 0 Å². The summed E-state index contributed by atoms with van der Waals surface area (Å²) in [6.07, 6.45) is 0. The molecule has 120 valence electrons. The monoisotopic (exact) mass is 309 g/mol. The van der Waals surface area contributed by atoms with Crippen molar-refractivity contribution in [3.63, 3.8) is 0 Å². The lowest BCUT2D eigenvalue weighted by molar-refractivity contribution is -0.136. The summed E-state index contributed by atoms with van der Waals surface area (Å²) < 4.78 is 17.6. The Balaban J connectivity index is 1.75. The predicted molar refractivity (Wildman–Crippen MR) is 78.7 cm³/mol. The van der Waals surface area contributed by atoms with Crippen LogP contribution in [0.4, 0.5) is 9.18 Å². The van der Waals surface area contributed by atoms with Gasteiger partial charge < -0.3 is 19.9 Å². The first-order valence-electron chi connectivity index (χ1n) is 7.14. The number of benzene rings is 1. The van der Waals surface area contributed by atoms with E-state index in [-0.39, 0.29) is 24.4 Å². The minimum atomic E-state index is -0.299. The molecule has 1 aromatic carbocycles. The number of hydrogen-bond donors (Lipinski definition) is 1. The molecule has 6 nitrogen and oxygen atoms in total. The Morgan fingerprint density at radius 3 is 2.32 bits per heavy atom. The minimum Gasteiger partial charge on any atom is -0.375 e. The largest absolute Gasteiger partial charge is 0.375 e. The second-order valence-corrected chi connectivity index (χ2v) is 5.09. The van der Waals surface area contributed by atoms with Crippen molar-refractivity contribution >= 4 is 11.9 Å². The summed E-state index contributed by atoms with van der Waals surface area (Å²) in [5.41, 5.74) is 0.837. The van der Waals surface area contributed by atoms with Crippen LogP contribution in [0.2, 0.25) is 0 Å². The molecule has 2 rings (SSSR count). The van der Waals surface area contributed by atoms with E-state index in [2.05, 4.69) is 5.32 Å². The molecular weight excluding hydrogens is 289 g/mol. The van der Waals surface area contributed by atoms with Gasteiger partial charge in [0.2, 0.25) is 5.91 Å². The second kappa shape index (κ2) is 7.74. The third kappa shape index (κ3) is 4.42. The zero-order valence-corrected chi connectivity index (χ0v) is 12.5. The fourth-order valence-corrected chi connectivity index (χ4v) is 2.27. The van der Waals surface area contributed by atoms with Gasteiger partial charge in [-0.25, -0.2) is 9.18 Å². The Morgan fingerprint density at radius 2 is 1.73 bits per heavy atom. The van der Waals surface area contributed by atoms with Crippen LogP contribution in [0.15, 0.2) is 24.3 Å². The first kappa shape index (κ1) is 16.2. The Morgan fingerprint density at radius 1 is 1.14 bits per heavy atom. The van der Waals surface area contributed by atoms with Crippen molar-refractivity contribution in [3.05, 3.63) is 35.6 Å². The molecule has 22 heavy (non-hydrogen) atoms. The molecule has 0 bridgehead atoms. The number of ether oxygens (including phenoxy) is 1. The third-order valence-electron chi connectivity index (χ3n) is 3.54. The summed E-state index contributed by atoms with van der Waals surface area (Å²) in [6, 6.07) is 5.82. The third-order valence-corrected chi connectivity index (χ3v) is 3.54. The van der Waals surface area contributed by atoms with E-state index in [4.69, 9.17) is 4.74 Å². The summed E-state index contributed by atoms with van der Waals surface area (Å²) in [5.74, 6) is -0.360. The van der Waals surface area contributed by atoms with Crippen molar-refractivity contribution in [2.45, 2.75) is 6.54 Å². The van der Waals surface area contributed by atoms with Gasteiger partial charge in [0.15, 0.2) is 0 Å². The maximum absolute atomic E-state index is 12.8. The average molecular weight is 309 g/mol. The number of carbonyl (C=O) groups excluding carboxylic acids is 2. The lowest BCUT2D eigenvalue weighted by Crippen LogP contribution is -2.53. The van der Waals surface area contributed by atoms with Gasteiger partial charge in [-0.3, -0.25) is 4.79 Å². The van der Waals surface area contributed by atoms with E-state index in [9.17, 15) is 14.0 Å². The lowest BCUT2D eigenvalue weighted by atomic mass is 10.2. The summed E-state index contributed by atoms with van der Waals surface area (Å²) in [5, 5.41) is 2.79. The number of methoxy groups -OCH3 is 1. The van der Waals surface area contributed by atoms with E-state index in [0.717, 1.165) is 5.56 Å². The molecule has 1 aliphatic heterocycles. The van der Waals surface area contributed by atoms with E-state index in [1.807, 2.05) is 0 Å². The number of hydrogen-bond acceptors (Lipinski definition) is 3. The molecule has 1 fully saturated rings. The summed E-state index contributed by atoms with van der Waals surface area (Å²) >= 11 is 0. The van der Waals surface area contributed by atoms with Gasteiger partial charge in [0.1, 0.15) is 12.4 Å². The molecule has 0 unspecified atom stereocenters. The van der Waals surface area contributed by atoms with Gasteiger partial charge in [-0.2, -0.15) is 0 Å². The first-order valence-corrected chi connectivity index (χ1v) is 7.14. The number of nitrogens with zero attached hydrogens (tertiary/aromatic N) is 2. The molecule has 0 aliphatic carbocycles. The molecule has 1 aliphatic rings. The molecule has 1 saturated heterocycles. The molecular formula is C15H20FN3O3. The van der Waals surface area contributed by atoms with Crippen molar-refractivity contribution in [2.75, 3.05) is 39.9 Å². The van der Waals surface area contributed by atoms with Crippen molar-refractivity contribution in [2.24, 2.45) is 0 Å². The van der Waals surface area contributed by atoms with Crippen LogP contribution in [0, 0.1) is 5.82 Å². The van der Waals surface area contributed by atoms with Crippen LogP contribution in [-0.2, 0) is 16.1 Å². The normalized spacial score (nSPS) is 14.8. The highest BCUT2D eigenvalue weighted by molar-refractivity contribution is 5.78. The highest BCUT2D eigenvalue weighted by atomic mass is 19.1. The molecule has 0 aromatic heterocycles. The topological polar surface area (TPSA) is 61.9 Å². The van der Waals surface area contributed by atoms with E-state index < -0.39 is 0 Å². The van der Waals surface area contributed by atoms with Crippen LogP contribution in [0.1, 0.15) is 5.56 Å². The maximum Gasteiger partial charge on any atom is 0.317 e. The predicted octanol–water partition coefficient (Wildman–Crippen LogP) is 0.826. The SMILES string of the molecule is COCC(=O)N1CCN(C(=O)NCc2ccc(F)cc2)CC1. The van der Waals surface area contributed by atoms with Crippen LogP contribution >= 0.6 is 0 Å². The lowest BCUT2D eigenvalue weighted by Gasteiger charge is -2.34. The van der Waals surface area contributed by atoms with E-state index >= 15 is 0 Å². The van der Waals surface area contributed by atoms with Crippen LogP contribution in [0.5, 0.6) is 0 Å². The number of urea groups is 1. The molecule has 0 radical (unpaired) electrons. The van der Waals surface area contributed by atoms with Gasteiger partial charge in [0.05, 0.1) is 0 Å². The Kier molecular flexibility index (Phi) is 5.71. The number of nitrogens with one attached hydrogen (secondary N) is 1. The Bertz CT molecular complexity index is 513. The smallest absolute Gasteiger partial charge is 0.317 e. The van der Waals surface area contributed by atoms with Gasteiger partial charge in [-0.1, -0.05) is 12.1 Å². The van der Waals surface area contributed by atoms with Crippen LogP contribution in [0.25, 0.3) is 0 Å². The van der Waals surface area contributed by atoms with Crippen LogP contribution < -0.4 is 5.32 Å². The van der Waals surface area contributed by atoms with E-state index in [1.165, 1.54) is 19.2 Å². The standard InChI is InChI=1S/C15H20FN3O3/c1-22-11-14(20)18-6-8-19(9-7-18)15(21)17-10-12-2-4-13(16)5-3-12/h2-5H,6-11H2,1H3,(H,17,21). The molecule has 3 amide bonds. The van der Waals surface area contributed by atoms with Gasteiger partial charge in [-0.05, 0) is 17.7 Å². The number of carbonyl (C=O) groups is 2. The average Bonchev–Trinajstić information content (AvgIpc) is 2.54.